The highest BCUT2D eigenvalue weighted by Gasteiger charge is 2.19. The number of aromatic nitrogens is 1. The summed E-state index contributed by atoms with van der Waals surface area (Å²) >= 11 is 0. The van der Waals surface area contributed by atoms with Gasteiger partial charge in [-0.25, -0.2) is 4.98 Å². The summed E-state index contributed by atoms with van der Waals surface area (Å²) in [6, 6.07) is 12.6. The molecule has 162 valence electrons. The van der Waals surface area contributed by atoms with Crippen molar-refractivity contribution in [2.75, 3.05) is 49.1 Å². The van der Waals surface area contributed by atoms with Gasteiger partial charge in [0.1, 0.15) is 5.82 Å². The lowest BCUT2D eigenvalue weighted by Gasteiger charge is -2.38. The number of anilines is 2. The lowest BCUT2D eigenvalue weighted by Crippen LogP contribution is -2.48. The lowest BCUT2D eigenvalue weighted by molar-refractivity contribution is 0.0951. The average molecular weight is 410 g/mol. The number of piperazine rings is 1. The standard InChI is InChI=1S/C24H35N5O/c1-5-27(6-2)23-12-7-20(17-25-23)18-26-24(30)21-8-10-22(11-9-21)29-15-13-28(14-16-29)19(3)4/h7-12,17,19H,5-6,13-16,18H2,1-4H3,(H,26,30). The van der Waals surface area contributed by atoms with Crippen molar-refractivity contribution in [3.05, 3.63) is 53.7 Å². The molecule has 0 saturated carbocycles. The molecule has 1 aromatic heterocycles. The molecule has 1 aliphatic rings. The molecule has 1 fully saturated rings. The fraction of sp³-hybridized carbons (Fsp3) is 0.500. The zero-order chi connectivity index (χ0) is 21.5. The van der Waals surface area contributed by atoms with Crippen LogP contribution in [-0.2, 0) is 6.54 Å². The van der Waals surface area contributed by atoms with E-state index >= 15 is 0 Å². The molecular weight excluding hydrogens is 374 g/mol. The van der Waals surface area contributed by atoms with Crippen molar-refractivity contribution < 1.29 is 4.79 Å². The van der Waals surface area contributed by atoms with Gasteiger partial charge in [0, 0.05) is 69.3 Å². The zero-order valence-electron chi connectivity index (χ0n) is 18.8. The maximum atomic E-state index is 12.5. The van der Waals surface area contributed by atoms with E-state index < -0.39 is 0 Å². The Morgan fingerprint density at radius 1 is 1.03 bits per heavy atom. The smallest absolute Gasteiger partial charge is 0.251 e. The molecule has 1 aliphatic heterocycles. The minimum Gasteiger partial charge on any atom is -0.369 e. The first-order valence-electron chi connectivity index (χ1n) is 11.1. The van der Waals surface area contributed by atoms with E-state index in [2.05, 4.69) is 64.8 Å². The molecular formula is C24H35N5O. The SMILES string of the molecule is CCN(CC)c1ccc(CNC(=O)c2ccc(N3CCN(C(C)C)CC3)cc2)cn1. The van der Waals surface area contributed by atoms with Gasteiger partial charge in [-0.15, -0.1) is 0 Å². The Labute approximate surface area is 180 Å². The number of rotatable bonds is 8. The third-order valence-corrected chi connectivity index (χ3v) is 5.89. The van der Waals surface area contributed by atoms with Crippen LogP contribution >= 0.6 is 0 Å². The van der Waals surface area contributed by atoms with Gasteiger partial charge >= 0.3 is 0 Å². The van der Waals surface area contributed by atoms with Crippen molar-refractivity contribution in [2.24, 2.45) is 0 Å². The van der Waals surface area contributed by atoms with Gasteiger partial charge in [0.2, 0.25) is 0 Å². The molecule has 0 aliphatic carbocycles. The lowest BCUT2D eigenvalue weighted by atomic mass is 10.1. The molecule has 0 radical (unpaired) electrons. The zero-order valence-corrected chi connectivity index (χ0v) is 18.8. The topological polar surface area (TPSA) is 51.7 Å². The second-order valence-corrected chi connectivity index (χ2v) is 8.04. The molecule has 6 nitrogen and oxygen atoms in total. The molecule has 1 N–H and O–H groups in total. The molecule has 2 heterocycles. The Balaban J connectivity index is 1.51. The van der Waals surface area contributed by atoms with Crippen molar-refractivity contribution in [1.82, 2.24) is 15.2 Å². The van der Waals surface area contributed by atoms with Crippen LogP contribution in [0.5, 0.6) is 0 Å². The molecule has 2 aromatic rings. The first kappa shape index (κ1) is 22.1. The second kappa shape index (κ2) is 10.4. The second-order valence-electron chi connectivity index (χ2n) is 8.04. The number of pyridine rings is 1. The van der Waals surface area contributed by atoms with Gasteiger partial charge in [0.25, 0.3) is 5.91 Å². The van der Waals surface area contributed by atoms with E-state index in [1.54, 1.807) is 0 Å². The van der Waals surface area contributed by atoms with Crippen LogP contribution in [-0.4, -0.2) is 61.1 Å². The van der Waals surface area contributed by atoms with Crippen LogP contribution in [0.1, 0.15) is 43.6 Å². The van der Waals surface area contributed by atoms with Crippen molar-refractivity contribution >= 4 is 17.4 Å². The summed E-state index contributed by atoms with van der Waals surface area (Å²) in [4.78, 5) is 24.1. The fourth-order valence-corrected chi connectivity index (χ4v) is 3.86. The first-order chi connectivity index (χ1) is 14.5. The maximum absolute atomic E-state index is 12.5. The van der Waals surface area contributed by atoms with Gasteiger partial charge in [-0.1, -0.05) is 6.07 Å². The number of nitrogens with one attached hydrogen (secondary N) is 1. The van der Waals surface area contributed by atoms with Crippen LogP contribution < -0.4 is 15.1 Å². The molecule has 6 heteroatoms. The summed E-state index contributed by atoms with van der Waals surface area (Å²) in [5, 5.41) is 3.00. The predicted molar refractivity (Wildman–Crippen MR) is 124 cm³/mol. The minimum absolute atomic E-state index is 0.0565. The van der Waals surface area contributed by atoms with E-state index in [9.17, 15) is 4.79 Å². The van der Waals surface area contributed by atoms with E-state index in [-0.39, 0.29) is 5.91 Å². The molecule has 30 heavy (non-hydrogen) atoms. The summed E-state index contributed by atoms with van der Waals surface area (Å²) in [5.74, 6) is 0.916. The number of nitrogens with zero attached hydrogens (tertiary/aromatic N) is 4. The maximum Gasteiger partial charge on any atom is 0.251 e. The Hall–Kier alpha value is -2.60. The Morgan fingerprint density at radius 2 is 1.70 bits per heavy atom. The van der Waals surface area contributed by atoms with Gasteiger partial charge in [-0.2, -0.15) is 0 Å². The third kappa shape index (κ3) is 5.51. The summed E-state index contributed by atoms with van der Waals surface area (Å²) < 4.78 is 0. The summed E-state index contributed by atoms with van der Waals surface area (Å²) in [5.41, 5.74) is 2.87. The number of hydrogen-bond donors (Lipinski definition) is 1. The predicted octanol–water partition coefficient (Wildman–Crippen LogP) is 3.39. The Kier molecular flexibility index (Phi) is 7.69. The molecule has 0 atom stereocenters. The highest BCUT2D eigenvalue weighted by molar-refractivity contribution is 5.94. The quantitative estimate of drug-likeness (QED) is 0.724. The van der Waals surface area contributed by atoms with Crippen molar-refractivity contribution in [3.63, 3.8) is 0 Å². The molecule has 3 rings (SSSR count). The van der Waals surface area contributed by atoms with Gasteiger partial charge in [-0.3, -0.25) is 9.69 Å². The number of carbonyl (C=O) groups excluding carboxylic acids is 1. The molecule has 0 bridgehead atoms. The first-order valence-corrected chi connectivity index (χ1v) is 11.1. The highest BCUT2D eigenvalue weighted by atomic mass is 16.1. The average Bonchev–Trinajstić information content (AvgIpc) is 2.79. The van der Waals surface area contributed by atoms with Gasteiger partial charge in [0.05, 0.1) is 0 Å². The summed E-state index contributed by atoms with van der Waals surface area (Å²) in [6.07, 6.45) is 1.84. The molecule has 0 spiro atoms. The van der Waals surface area contributed by atoms with Crippen LogP contribution in [0.15, 0.2) is 42.6 Å². The largest absolute Gasteiger partial charge is 0.369 e. The number of amides is 1. The van der Waals surface area contributed by atoms with E-state index in [1.165, 1.54) is 5.69 Å². The van der Waals surface area contributed by atoms with Crippen LogP contribution in [0.2, 0.25) is 0 Å². The van der Waals surface area contributed by atoms with Gasteiger partial charge in [0.15, 0.2) is 0 Å². The number of hydrogen-bond acceptors (Lipinski definition) is 5. The van der Waals surface area contributed by atoms with Gasteiger partial charge < -0.3 is 15.1 Å². The summed E-state index contributed by atoms with van der Waals surface area (Å²) in [7, 11) is 0. The van der Waals surface area contributed by atoms with E-state index in [0.29, 0.717) is 18.2 Å². The minimum atomic E-state index is -0.0565. The number of carbonyl (C=O) groups is 1. The van der Waals surface area contributed by atoms with Crippen LogP contribution in [0, 0.1) is 0 Å². The van der Waals surface area contributed by atoms with E-state index in [4.69, 9.17) is 0 Å². The van der Waals surface area contributed by atoms with Crippen LogP contribution in [0.25, 0.3) is 0 Å². The van der Waals surface area contributed by atoms with Crippen LogP contribution in [0.3, 0.4) is 0 Å². The van der Waals surface area contributed by atoms with Gasteiger partial charge in [-0.05, 0) is 63.6 Å². The highest BCUT2D eigenvalue weighted by Crippen LogP contribution is 2.18. The Morgan fingerprint density at radius 3 is 2.23 bits per heavy atom. The number of benzene rings is 1. The molecule has 1 saturated heterocycles. The normalized spacial score (nSPS) is 14.8. The van der Waals surface area contributed by atoms with Crippen LogP contribution in [0.4, 0.5) is 11.5 Å². The van der Waals surface area contributed by atoms with E-state index in [1.807, 2.05) is 30.5 Å². The third-order valence-electron chi connectivity index (χ3n) is 5.89. The molecule has 1 amide bonds. The van der Waals surface area contributed by atoms with Crippen molar-refractivity contribution in [1.29, 1.82) is 0 Å². The summed E-state index contributed by atoms with van der Waals surface area (Å²) in [6.45, 7) is 15.3. The van der Waals surface area contributed by atoms with Crippen molar-refractivity contribution in [3.8, 4) is 0 Å². The Bertz CT molecular complexity index is 791. The van der Waals surface area contributed by atoms with E-state index in [0.717, 1.165) is 50.6 Å². The fourth-order valence-electron chi connectivity index (χ4n) is 3.86. The van der Waals surface area contributed by atoms with Crippen molar-refractivity contribution in [2.45, 2.75) is 40.3 Å². The molecule has 0 unspecified atom stereocenters. The monoisotopic (exact) mass is 409 g/mol. The molecule has 1 aromatic carbocycles.